The summed E-state index contributed by atoms with van der Waals surface area (Å²) in [6.07, 6.45) is 4.91. The number of nitrogens with zero attached hydrogens (tertiary/aromatic N) is 1. The topological polar surface area (TPSA) is 26.2 Å². The Bertz CT molecular complexity index is 1230. The third kappa shape index (κ3) is 2.45. The van der Waals surface area contributed by atoms with Crippen molar-refractivity contribution < 1.29 is 13.7 Å². The molecule has 0 unspecified atom stereocenters. The van der Waals surface area contributed by atoms with Crippen LogP contribution < -0.4 is 9.30 Å². The fraction of sp³-hybridized carbons (Fsp3) is 0.292. The predicted molar refractivity (Wildman–Crippen MR) is 108 cm³/mol. The lowest BCUT2D eigenvalue weighted by Gasteiger charge is -2.23. The molecule has 1 aliphatic rings. The highest BCUT2D eigenvalue weighted by atomic mass is 16.5. The van der Waals surface area contributed by atoms with E-state index in [0.29, 0.717) is 0 Å². The predicted octanol–water partition coefficient (Wildman–Crippen LogP) is 6.08. The molecule has 5 rings (SSSR count). The molecule has 0 bridgehead atoms. The van der Waals surface area contributed by atoms with Crippen LogP contribution in [0, 0.1) is 12.3 Å². The summed E-state index contributed by atoms with van der Waals surface area (Å²) in [5, 5.41) is 3.57. The van der Waals surface area contributed by atoms with Crippen LogP contribution in [0.5, 0.6) is 11.5 Å². The van der Waals surface area contributed by atoms with E-state index in [2.05, 4.69) is 63.7 Å². The number of pyridine rings is 1. The summed E-state index contributed by atoms with van der Waals surface area (Å²) in [4.78, 5) is 0. The van der Waals surface area contributed by atoms with Gasteiger partial charge in [0.2, 0.25) is 5.69 Å². The van der Waals surface area contributed by atoms with Crippen molar-refractivity contribution >= 4 is 21.7 Å². The fourth-order valence-corrected chi connectivity index (χ4v) is 4.37. The zero-order chi connectivity index (χ0) is 18.9. The first-order valence-electron chi connectivity index (χ1n) is 9.46. The van der Waals surface area contributed by atoms with E-state index in [1.165, 1.54) is 27.6 Å². The van der Waals surface area contributed by atoms with Gasteiger partial charge in [-0.3, -0.25) is 0 Å². The maximum absolute atomic E-state index is 6.44. The molecule has 0 spiro atoms. The minimum atomic E-state index is 0.228. The number of benzene rings is 2. The zero-order valence-corrected chi connectivity index (χ0v) is 16.5. The van der Waals surface area contributed by atoms with Crippen molar-refractivity contribution in [3.05, 3.63) is 53.9 Å². The van der Waals surface area contributed by atoms with Gasteiger partial charge in [-0.15, -0.1) is 0 Å². The normalized spacial score (nSPS) is 13.1. The monoisotopic (exact) mass is 358 g/mol. The van der Waals surface area contributed by atoms with Gasteiger partial charge in [0, 0.05) is 17.5 Å². The van der Waals surface area contributed by atoms with E-state index in [1.54, 1.807) is 6.26 Å². The van der Waals surface area contributed by atoms with Crippen molar-refractivity contribution in [3.8, 4) is 22.8 Å². The standard InChI is InChI=1S/C24H24NO2/c1-14-17-7-9-26-18(17)12-20-21(14)23-22-16(6-8-25(23)5)10-15(11-19(22)27-20)13-24(2,3)4/h6-12H,13H2,1-5H3/q+1. The van der Waals surface area contributed by atoms with Crippen molar-refractivity contribution in [2.45, 2.75) is 34.1 Å². The van der Waals surface area contributed by atoms with E-state index in [9.17, 15) is 0 Å². The maximum Gasteiger partial charge on any atom is 0.228 e. The smallest absolute Gasteiger partial charge is 0.228 e. The molecule has 2 aromatic heterocycles. The van der Waals surface area contributed by atoms with Crippen LogP contribution >= 0.6 is 0 Å². The summed E-state index contributed by atoms with van der Waals surface area (Å²) >= 11 is 0. The average molecular weight is 358 g/mol. The Balaban J connectivity index is 1.85. The van der Waals surface area contributed by atoms with E-state index in [4.69, 9.17) is 9.15 Å². The zero-order valence-electron chi connectivity index (χ0n) is 16.5. The fourth-order valence-electron chi connectivity index (χ4n) is 4.37. The van der Waals surface area contributed by atoms with Crippen LogP contribution in [-0.4, -0.2) is 0 Å². The number of fused-ring (bicyclic) bond motifs is 3. The number of rotatable bonds is 1. The largest absolute Gasteiger partial charge is 0.464 e. The van der Waals surface area contributed by atoms with Gasteiger partial charge in [0.05, 0.1) is 17.2 Å². The lowest BCUT2D eigenvalue weighted by atomic mass is 9.86. The number of aryl methyl sites for hydroxylation is 2. The van der Waals surface area contributed by atoms with Gasteiger partial charge in [0.1, 0.15) is 24.1 Å². The Morgan fingerprint density at radius 1 is 1.04 bits per heavy atom. The van der Waals surface area contributed by atoms with Gasteiger partial charge in [0.15, 0.2) is 6.20 Å². The number of ether oxygens (including phenoxy) is 1. The SMILES string of the molecule is Cc1c2c(cc3occc13)Oc1cc(CC(C)(C)C)cc3cc[n+](C)c-2c13. The number of aromatic nitrogens is 1. The number of furan rings is 1. The summed E-state index contributed by atoms with van der Waals surface area (Å²) in [6.45, 7) is 8.96. The van der Waals surface area contributed by atoms with Gasteiger partial charge >= 0.3 is 0 Å². The molecule has 1 aliphatic heterocycles. The molecule has 3 nitrogen and oxygen atoms in total. The van der Waals surface area contributed by atoms with Gasteiger partial charge in [-0.25, -0.2) is 4.57 Å². The molecule has 3 heteroatoms. The Hall–Kier alpha value is -2.81. The van der Waals surface area contributed by atoms with Crippen molar-refractivity contribution in [1.29, 1.82) is 0 Å². The molecule has 4 aromatic rings. The summed E-state index contributed by atoms with van der Waals surface area (Å²) in [5.41, 5.74) is 5.98. The Kier molecular flexibility index (Phi) is 3.24. The average Bonchev–Trinajstić information content (AvgIpc) is 3.04. The van der Waals surface area contributed by atoms with E-state index in [1.807, 2.05) is 12.1 Å². The van der Waals surface area contributed by atoms with Crippen LogP contribution in [0.15, 0.2) is 47.2 Å². The summed E-state index contributed by atoms with van der Waals surface area (Å²) in [6, 6.07) is 10.8. The molecule has 3 heterocycles. The lowest BCUT2D eigenvalue weighted by Crippen LogP contribution is -2.31. The van der Waals surface area contributed by atoms with Gasteiger partial charge in [-0.05, 0) is 47.4 Å². The third-order valence-electron chi connectivity index (χ3n) is 5.43. The molecule has 2 aromatic carbocycles. The molecular weight excluding hydrogens is 334 g/mol. The molecule has 0 aliphatic carbocycles. The maximum atomic E-state index is 6.44. The quantitative estimate of drug-likeness (QED) is 0.339. The molecular formula is C24H24NO2+. The van der Waals surface area contributed by atoms with E-state index in [-0.39, 0.29) is 5.41 Å². The molecule has 0 saturated carbocycles. The van der Waals surface area contributed by atoms with Crippen LogP contribution in [0.1, 0.15) is 31.9 Å². The van der Waals surface area contributed by atoms with Crippen LogP contribution in [0.2, 0.25) is 0 Å². The summed E-state index contributed by atoms with van der Waals surface area (Å²) in [7, 11) is 2.11. The van der Waals surface area contributed by atoms with Crippen LogP contribution in [0.4, 0.5) is 0 Å². The first kappa shape index (κ1) is 16.4. The van der Waals surface area contributed by atoms with E-state index in [0.717, 1.165) is 34.5 Å². The Morgan fingerprint density at radius 3 is 2.63 bits per heavy atom. The number of hydrogen-bond acceptors (Lipinski definition) is 2. The Morgan fingerprint density at radius 2 is 1.85 bits per heavy atom. The van der Waals surface area contributed by atoms with E-state index >= 15 is 0 Å². The first-order chi connectivity index (χ1) is 12.8. The second kappa shape index (κ2) is 5.35. The molecule has 0 fully saturated rings. The molecule has 0 saturated heterocycles. The van der Waals surface area contributed by atoms with Gasteiger partial charge in [-0.1, -0.05) is 26.8 Å². The van der Waals surface area contributed by atoms with E-state index < -0.39 is 0 Å². The van der Waals surface area contributed by atoms with Crippen molar-refractivity contribution in [1.82, 2.24) is 0 Å². The minimum Gasteiger partial charge on any atom is -0.464 e. The summed E-state index contributed by atoms with van der Waals surface area (Å²) in [5.74, 6) is 1.81. The van der Waals surface area contributed by atoms with Gasteiger partial charge in [0.25, 0.3) is 0 Å². The first-order valence-corrected chi connectivity index (χ1v) is 9.46. The highest BCUT2D eigenvalue weighted by Gasteiger charge is 2.31. The number of hydrogen-bond donors (Lipinski definition) is 0. The molecule has 136 valence electrons. The lowest BCUT2D eigenvalue weighted by molar-refractivity contribution is -0.659. The molecule has 27 heavy (non-hydrogen) atoms. The van der Waals surface area contributed by atoms with Crippen LogP contribution in [0.3, 0.4) is 0 Å². The molecule has 0 radical (unpaired) electrons. The molecule has 0 N–H and O–H groups in total. The summed E-state index contributed by atoms with van der Waals surface area (Å²) < 4.78 is 14.3. The highest BCUT2D eigenvalue weighted by Crippen LogP contribution is 2.48. The van der Waals surface area contributed by atoms with Crippen molar-refractivity contribution in [2.24, 2.45) is 12.5 Å². The Labute approximate surface area is 159 Å². The van der Waals surface area contributed by atoms with Gasteiger partial charge < -0.3 is 9.15 Å². The van der Waals surface area contributed by atoms with Gasteiger partial charge in [-0.2, -0.15) is 0 Å². The van der Waals surface area contributed by atoms with Crippen molar-refractivity contribution in [3.63, 3.8) is 0 Å². The van der Waals surface area contributed by atoms with Crippen LogP contribution in [0.25, 0.3) is 33.0 Å². The molecule has 0 atom stereocenters. The minimum absolute atomic E-state index is 0.228. The highest BCUT2D eigenvalue weighted by molar-refractivity contribution is 6.04. The third-order valence-corrected chi connectivity index (χ3v) is 5.43. The second-order valence-electron chi connectivity index (χ2n) is 8.88. The van der Waals surface area contributed by atoms with Crippen molar-refractivity contribution in [2.75, 3.05) is 0 Å². The second-order valence-corrected chi connectivity index (χ2v) is 8.88. The molecule has 0 amide bonds. The van der Waals surface area contributed by atoms with Crippen LogP contribution in [-0.2, 0) is 13.5 Å².